The van der Waals surface area contributed by atoms with E-state index in [9.17, 15) is 9.90 Å². The molecular weight excluding hydrogens is 268 g/mol. The van der Waals surface area contributed by atoms with Crippen LogP contribution in [0, 0.1) is 5.92 Å². The van der Waals surface area contributed by atoms with Gasteiger partial charge in [-0.1, -0.05) is 12.5 Å². The second-order valence-corrected chi connectivity index (χ2v) is 5.96. The molecule has 21 heavy (non-hydrogen) atoms. The number of rotatable bonds is 6. The predicted molar refractivity (Wildman–Crippen MR) is 82.8 cm³/mol. The first kappa shape index (κ1) is 15.6. The Bertz CT molecular complexity index is 504. The minimum atomic E-state index is -1.07. The standard InChI is InChI=1S/C16H24N2O3/c1-18(2)13-6-3-7-14(11-13)21-10-8-12-5-4-9-16(12,17)15(19)20/h3,6-7,11-12H,4-5,8-10,17H2,1-2H3,(H,19,20). The Kier molecular flexibility index (Phi) is 4.73. The van der Waals surface area contributed by atoms with Crippen LogP contribution in [0.2, 0.25) is 0 Å². The average Bonchev–Trinajstić information content (AvgIpc) is 2.82. The van der Waals surface area contributed by atoms with Crippen molar-refractivity contribution in [3.63, 3.8) is 0 Å². The van der Waals surface area contributed by atoms with E-state index in [1.807, 2.05) is 43.3 Å². The lowest BCUT2D eigenvalue weighted by Gasteiger charge is -2.26. The highest BCUT2D eigenvalue weighted by molar-refractivity contribution is 5.79. The molecule has 1 fully saturated rings. The van der Waals surface area contributed by atoms with Crippen LogP contribution in [0.4, 0.5) is 5.69 Å². The van der Waals surface area contributed by atoms with E-state index in [2.05, 4.69) is 0 Å². The molecular formula is C16H24N2O3. The van der Waals surface area contributed by atoms with Crippen LogP contribution in [0.1, 0.15) is 25.7 Å². The summed E-state index contributed by atoms with van der Waals surface area (Å²) in [5, 5.41) is 9.29. The van der Waals surface area contributed by atoms with Crippen molar-refractivity contribution in [3.8, 4) is 5.75 Å². The molecule has 116 valence electrons. The minimum Gasteiger partial charge on any atom is -0.494 e. The number of aliphatic carboxylic acids is 1. The molecule has 0 aliphatic heterocycles. The predicted octanol–water partition coefficient (Wildman–Crippen LogP) is 2.10. The maximum Gasteiger partial charge on any atom is 0.323 e. The van der Waals surface area contributed by atoms with Crippen LogP contribution in [0.3, 0.4) is 0 Å². The van der Waals surface area contributed by atoms with Gasteiger partial charge in [0.05, 0.1) is 6.61 Å². The molecule has 5 heteroatoms. The molecule has 0 bridgehead atoms. The fourth-order valence-electron chi connectivity index (χ4n) is 2.96. The van der Waals surface area contributed by atoms with Crippen LogP contribution in [-0.2, 0) is 4.79 Å². The summed E-state index contributed by atoms with van der Waals surface area (Å²) < 4.78 is 5.76. The number of anilines is 1. The van der Waals surface area contributed by atoms with Crippen molar-refractivity contribution >= 4 is 11.7 Å². The maximum absolute atomic E-state index is 11.3. The maximum atomic E-state index is 11.3. The fraction of sp³-hybridized carbons (Fsp3) is 0.562. The summed E-state index contributed by atoms with van der Waals surface area (Å²) in [4.78, 5) is 13.3. The Morgan fingerprint density at radius 2 is 2.29 bits per heavy atom. The lowest BCUT2D eigenvalue weighted by atomic mass is 9.86. The van der Waals surface area contributed by atoms with Gasteiger partial charge in [0.15, 0.2) is 0 Å². The topological polar surface area (TPSA) is 75.8 Å². The van der Waals surface area contributed by atoms with Gasteiger partial charge in [0.1, 0.15) is 11.3 Å². The summed E-state index contributed by atoms with van der Waals surface area (Å²) in [7, 11) is 3.96. The molecule has 1 aliphatic carbocycles. The van der Waals surface area contributed by atoms with Gasteiger partial charge in [0.2, 0.25) is 0 Å². The Balaban J connectivity index is 1.90. The first-order valence-corrected chi connectivity index (χ1v) is 7.36. The second kappa shape index (κ2) is 6.35. The molecule has 1 aromatic rings. The van der Waals surface area contributed by atoms with Crippen LogP contribution in [0.15, 0.2) is 24.3 Å². The highest BCUT2D eigenvalue weighted by Gasteiger charge is 2.45. The highest BCUT2D eigenvalue weighted by Crippen LogP contribution is 2.36. The third-order valence-corrected chi connectivity index (χ3v) is 4.34. The van der Waals surface area contributed by atoms with Gasteiger partial charge in [0, 0.05) is 25.8 Å². The molecule has 2 unspecified atom stereocenters. The first-order chi connectivity index (χ1) is 9.93. The zero-order chi connectivity index (χ0) is 15.5. The lowest BCUT2D eigenvalue weighted by Crippen LogP contribution is -2.51. The molecule has 0 heterocycles. The Morgan fingerprint density at radius 3 is 2.95 bits per heavy atom. The summed E-state index contributed by atoms with van der Waals surface area (Å²) >= 11 is 0. The van der Waals surface area contributed by atoms with E-state index in [1.165, 1.54) is 0 Å². The van der Waals surface area contributed by atoms with Crippen LogP contribution in [-0.4, -0.2) is 37.3 Å². The van der Waals surface area contributed by atoms with Crippen molar-refractivity contribution in [2.75, 3.05) is 25.6 Å². The number of carbonyl (C=O) groups is 1. The average molecular weight is 292 g/mol. The Labute approximate surface area is 125 Å². The minimum absolute atomic E-state index is 0.00738. The number of benzene rings is 1. The van der Waals surface area contributed by atoms with Crippen LogP contribution >= 0.6 is 0 Å². The van der Waals surface area contributed by atoms with Gasteiger partial charge in [-0.25, -0.2) is 0 Å². The van der Waals surface area contributed by atoms with Crippen molar-refractivity contribution in [1.29, 1.82) is 0 Å². The van der Waals surface area contributed by atoms with E-state index in [4.69, 9.17) is 10.5 Å². The second-order valence-electron chi connectivity index (χ2n) is 5.96. The molecule has 2 rings (SSSR count). The van der Waals surface area contributed by atoms with Gasteiger partial charge in [-0.3, -0.25) is 4.79 Å². The number of hydrogen-bond donors (Lipinski definition) is 2. The Hall–Kier alpha value is -1.75. The molecule has 5 nitrogen and oxygen atoms in total. The van der Waals surface area contributed by atoms with Gasteiger partial charge in [-0.05, 0) is 37.3 Å². The van der Waals surface area contributed by atoms with E-state index in [0.717, 1.165) is 24.3 Å². The van der Waals surface area contributed by atoms with E-state index in [1.54, 1.807) is 0 Å². The van der Waals surface area contributed by atoms with E-state index in [-0.39, 0.29) is 5.92 Å². The highest BCUT2D eigenvalue weighted by atomic mass is 16.5. The summed E-state index contributed by atoms with van der Waals surface area (Å²) in [6, 6.07) is 7.85. The van der Waals surface area contributed by atoms with Crippen molar-refractivity contribution in [3.05, 3.63) is 24.3 Å². The zero-order valence-electron chi connectivity index (χ0n) is 12.7. The molecule has 0 spiro atoms. The number of ether oxygens (including phenoxy) is 1. The van der Waals surface area contributed by atoms with Crippen molar-refractivity contribution < 1.29 is 14.6 Å². The van der Waals surface area contributed by atoms with Crippen molar-refractivity contribution in [2.45, 2.75) is 31.2 Å². The van der Waals surface area contributed by atoms with Crippen LogP contribution in [0.5, 0.6) is 5.75 Å². The molecule has 0 amide bonds. The molecule has 1 aliphatic rings. The summed E-state index contributed by atoms with van der Waals surface area (Å²) in [5.41, 5.74) is 6.03. The summed E-state index contributed by atoms with van der Waals surface area (Å²) in [5.74, 6) is -0.0937. The largest absolute Gasteiger partial charge is 0.494 e. The number of carboxylic acid groups (broad SMARTS) is 1. The van der Waals surface area contributed by atoms with E-state index < -0.39 is 11.5 Å². The monoisotopic (exact) mass is 292 g/mol. The summed E-state index contributed by atoms with van der Waals surface area (Å²) in [6.45, 7) is 0.494. The number of nitrogens with zero attached hydrogens (tertiary/aromatic N) is 1. The first-order valence-electron chi connectivity index (χ1n) is 7.36. The van der Waals surface area contributed by atoms with Crippen LogP contribution in [0.25, 0.3) is 0 Å². The molecule has 3 N–H and O–H groups in total. The zero-order valence-corrected chi connectivity index (χ0v) is 12.7. The van der Waals surface area contributed by atoms with Gasteiger partial charge in [-0.15, -0.1) is 0 Å². The molecule has 0 aromatic heterocycles. The van der Waals surface area contributed by atoms with E-state index >= 15 is 0 Å². The van der Waals surface area contributed by atoms with Gasteiger partial charge in [0.25, 0.3) is 0 Å². The van der Waals surface area contributed by atoms with Crippen molar-refractivity contribution in [2.24, 2.45) is 11.7 Å². The number of nitrogens with two attached hydrogens (primary N) is 1. The van der Waals surface area contributed by atoms with Crippen molar-refractivity contribution in [1.82, 2.24) is 0 Å². The molecule has 0 saturated heterocycles. The smallest absolute Gasteiger partial charge is 0.323 e. The van der Waals surface area contributed by atoms with Gasteiger partial charge < -0.3 is 20.5 Å². The van der Waals surface area contributed by atoms with Gasteiger partial charge >= 0.3 is 5.97 Å². The SMILES string of the molecule is CN(C)c1cccc(OCCC2CCCC2(N)C(=O)O)c1. The third kappa shape index (κ3) is 3.47. The Morgan fingerprint density at radius 1 is 1.52 bits per heavy atom. The normalized spacial score (nSPS) is 24.8. The lowest BCUT2D eigenvalue weighted by molar-refractivity contribution is -0.144. The molecule has 1 saturated carbocycles. The molecule has 2 atom stereocenters. The molecule has 1 aromatic carbocycles. The van der Waals surface area contributed by atoms with Crippen LogP contribution < -0.4 is 15.4 Å². The third-order valence-electron chi connectivity index (χ3n) is 4.34. The summed E-state index contributed by atoms with van der Waals surface area (Å²) in [6.07, 6.45) is 2.98. The fourth-order valence-corrected chi connectivity index (χ4v) is 2.96. The van der Waals surface area contributed by atoms with Gasteiger partial charge in [-0.2, -0.15) is 0 Å². The quantitative estimate of drug-likeness (QED) is 0.840. The van der Waals surface area contributed by atoms with E-state index in [0.29, 0.717) is 19.4 Å². The molecule has 0 radical (unpaired) electrons. The number of carboxylic acids is 1. The number of hydrogen-bond acceptors (Lipinski definition) is 4.